The van der Waals surface area contributed by atoms with Crippen LogP contribution in [0.4, 0.5) is 0 Å². The molecule has 0 heterocycles. The molecule has 0 amide bonds. The van der Waals surface area contributed by atoms with E-state index in [1.54, 1.807) is 0 Å². The Morgan fingerprint density at radius 3 is 2.46 bits per heavy atom. The van der Waals surface area contributed by atoms with E-state index in [1.165, 1.54) is 6.42 Å². The van der Waals surface area contributed by atoms with E-state index in [-0.39, 0.29) is 11.8 Å². The highest BCUT2D eigenvalue weighted by molar-refractivity contribution is 7.91. The Bertz CT molecular complexity index is 232. The molecule has 1 unspecified atom stereocenters. The third-order valence-electron chi connectivity index (χ3n) is 2.71. The molecule has 0 spiro atoms. The molecule has 0 aromatic carbocycles. The van der Waals surface area contributed by atoms with Gasteiger partial charge in [0.25, 0.3) is 0 Å². The van der Waals surface area contributed by atoms with Gasteiger partial charge in [0.2, 0.25) is 0 Å². The lowest BCUT2D eigenvalue weighted by Crippen LogP contribution is -2.33. The molecule has 1 aliphatic rings. The monoisotopic (exact) mass is 205 g/mol. The zero-order chi connectivity index (χ0) is 9.90. The minimum atomic E-state index is -2.88. The lowest BCUT2D eigenvalue weighted by atomic mass is 9.87. The van der Waals surface area contributed by atoms with Crippen molar-refractivity contribution in [2.75, 3.05) is 11.5 Å². The molecule has 1 fully saturated rings. The fraction of sp³-hybridized carbons (Fsp3) is 1.00. The topological polar surface area (TPSA) is 60.2 Å². The fourth-order valence-electron chi connectivity index (χ4n) is 1.53. The number of hydrogen-bond acceptors (Lipinski definition) is 3. The summed E-state index contributed by atoms with van der Waals surface area (Å²) in [5.41, 5.74) is 5.62. The van der Waals surface area contributed by atoms with Crippen molar-refractivity contribution in [3.05, 3.63) is 0 Å². The molecule has 1 rings (SSSR count). The van der Waals surface area contributed by atoms with E-state index in [0.29, 0.717) is 11.7 Å². The van der Waals surface area contributed by atoms with Gasteiger partial charge in [-0.1, -0.05) is 13.3 Å². The van der Waals surface area contributed by atoms with Gasteiger partial charge in [-0.25, -0.2) is 8.42 Å². The minimum Gasteiger partial charge on any atom is -0.327 e. The van der Waals surface area contributed by atoms with Crippen molar-refractivity contribution < 1.29 is 8.42 Å². The van der Waals surface area contributed by atoms with E-state index in [1.807, 2.05) is 6.92 Å². The van der Waals surface area contributed by atoms with Crippen LogP contribution in [-0.2, 0) is 9.84 Å². The molecule has 1 aliphatic carbocycles. The van der Waals surface area contributed by atoms with Crippen molar-refractivity contribution in [1.29, 1.82) is 0 Å². The molecule has 13 heavy (non-hydrogen) atoms. The largest absolute Gasteiger partial charge is 0.327 e. The quantitative estimate of drug-likeness (QED) is 0.726. The maximum absolute atomic E-state index is 11.5. The summed E-state index contributed by atoms with van der Waals surface area (Å²) in [6, 6.07) is -0.176. The van der Waals surface area contributed by atoms with Crippen LogP contribution < -0.4 is 5.73 Å². The summed E-state index contributed by atoms with van der Waals surface area (Å²) in [7, 11) is -2.88. The molecule has 1 saturated carbocycles. The molecule has 0 aromatic rings. The van der Waals surface area contributed by atoms with Gasteiger partial charge >= 0.3 is 0 Å². The van der Waals surface area contributed by atoms with Crippen LogP contribution in [0.5, 0.6) is 0 Å². The molecule has 3 nitrogen and oxygen atoms in total. The highest BCUT2D eigenvalue weighted by Crippen LogP contribution is 2.27. The number of nitrogens with two attached hydrogens (primary N) is 1. The first kappa shape index (κ1) is 11.0. The molecule has 0 saturated heterocycles. The van der Waals surface area contributed by atoms with E-state index in [2.05, 4.69) is 0 Å². The van der Waals surface area contributed by atoms with Crippen LogP contribution in [0.1, 0.15) is 32.6 Å². The average Bonchev–Trinajstić information content (AvgIpc) is 1.96. The Morgan fingerprint density at radius 1 is 1.46 bits per heavy atom. The highest BCUT2D eigenvalue weighted by atomic mass is 32.2. The van der Waals surface area contributed by atoms with E-state index >= 15 is 0 Å². The number of hydrogen-bond donors (Lipinski definition) is 1. The van der Waals surface area contributed by atoms with Crippen molar-refractivity contribution in [3.63, 3.8) is 0 Å². The summed E-state index contributed by atoms with van der Waals surface area (Å²) < 4.78 is 23.0. The first-order valence-corrected chi connectivity index (χ1v) is 6.81. The van der Waals surface area contributed by atoms with Gasteiger partial charge in [-0.2, -0.15) is 0 Å². The van der Waals surface area contributed by atoms with Crippen LogP contribution in [0.25, 0.3) is 0 Å². The molecular weight excluding hydrogens is 186 g/mol. The van der Waals surface area contributed by atoms with E-state index in [4.69, 9.17) is 5.73 Å². The predicted molar refractivity (Wildman–Crippen MR) is 54.3 cm³/mol. The Kier molecular flexibility index (Phi) is 3.74. The smallest absolute Gasteiger partial charge is 0.152 e. The van der Waals surface area contributed by atoms with Crippen molar-refractivity contribution in [1.82, 2.24) is 0 Å². The lowest BCUT2D eigenvalue weighted by molar-refractivity contribution is 0.347. The normalized spacial score (nSPS) is 21.1. The highest BCUT2D eigenvalue weighted by Gasteiger charge is 2.25. The van der Waals surface area contributed by atoms with Crippen LogP contribution in [0.2, 0.25) is 0 Å². The summed E-state index contributed by atoms with van der Waals surface area (Å²) in [4.78, 5) is 0. The SMILES string of the molecule is CCC(N)CS(=O)(=O)CC1CCC1. The fourth-order valence-corrected chi connectivity index (χ4v) is 3.61. The third-order valence-corrected chi connectivity index (χ3v) is 4.62. The summed E-state index contributed by atoms with van der Waals surface area (Å²) in [5, 5.41) is 0. The van der Waals surface area contributed by atoms with E-state index in [9.17, 15) is 8.42 Å². The van der Waals surface area contributed by atoms with Crippen LogP contribution in [-0.4, -0.2) is 26.0 Å². The molecule has 0 bridgehead atoms. The zero-order valence-corrected chi connectivity index (χ0v) is 9.02. The van der Waals surface area contributed by atoms with Gasteiger partial charge in [0.1, 0.15) is 0 Å². The summed E-state index contributed by atoms with van der Waals surface area (Å²) >= 11 is 0. The van der Waals surface area contributed by atoms with Gasteiger partial charge in [0, 0.05) is 6.04 Å². The summed E-state index contributed by atoms with van der Waals surface area (Å²) in [6.07, 6.45) is 4.10. The lowest BCUT2D eigenvalue weighted by Gasteiger charge is -2.25. The van der Waals surface area contributed by atoms with Crippen molar-refractivity contribution >= 4 is 9.84 Å². The minimum absolute atomic E-state index is 0.167. The van der Waals surface area contributed by atoms with Gasteiger partial charge in [-0.05, 0) is 25.2 Å². The molecular formula is C9H19NO2S. The van der Waals surface area contributed by atoms with E-state index in [0.717, 1.165) is 19.3 Å². The van der Waals surface area contributed by atoms with Crippen LogP contribution in [0.3, 0.4) is 0 Å². The Balaban J connectivity index is 2.36. The van der Waals surface area contributed by atoms with Gasteiger partial charge in [-0.15, -0.1) is 0 Å². The Hall–Kier alpha value is -0.0900. The molecule has 0 aliphatic heterocycles. The van der Waals surface area contributed by atoms with E-state index < -0.39 is 9.84 Å². The van der Waals surface area contributed by atoms with Gasteiger partial charge in [-0.3, -0.25) is 0 Å². The number of sulfone groups is 1. The molecule has 78 valence electrons. The van der Waals surface area contributed by atoms with Crippen LogP contribution in [0, 0.1) is 5.92 Å². The van der Waals surface area contributed by atoms with Crippen molar-refractivity contribution in [2.45, 2.75) is 38.6 Å². The second-order valence-electron chi connectivity index (χ2n) is 4.04. The second kappa shape index (κ2) is 4.42. The van der Waals surface area contributed by atoms with Gasteiger partial charge in [0.15, 0.2) is 9.84 Å². The molecule has 1 atom stereocenters. The number of rotatable bonds is 5. The molecule has 0 aromatic heterocycles. The van der Waals surface area contributed by atoms with Gasteiger partial charge in [0.05, 0.1) is 11.5 Å². The first-order valence-electron chi connectivity index (χ1n) is 4.99. The Morgan fingerprint density at radius 2 is 2.08 bits per heavy atom. The predicted octanol–water partition coefficient (Wildman–Crippen LogP) is 0.939. The molecule has 2 N–H and O–H groups in total. The van der Waals surface area contributed by atoms with Gasteiger partial charge < -0.3 is 5.73 Å². The van der Waals surface area contributed by atoms with Crippen molar-refractivity contribution in [2.24, 2.45) is 11.7 Å². The first-order chi connectivity index (χ1) is 6.03. The standard InChI is InChI=1S/C9H19NO2S/c1-2-9(10)7-13(11,12)6-8-4-3-5-8/h8-9H,2-7,10H2,1H3. The third kappa shape index (κ3) is 3.65. The molecule has 4 heteroatoms. The molecule has 0 radical (unpaired) electrons. The van der Waals surface area contributed by atoms with Crippen LogP contribution in [0.15, 0.2) is 0 Å². The Labute approximate surface area is 80.6 Å². The maximum Gasteiger partial charge on any atom is 0.152 e. The average molecular weight is 205 g/mol. The summed E-state index contributed by atoms with van der Waals surface area (Å²) in [5.74, 6) is 0.954. The van der Waals surface area contributed by atoms with Crippen LogP contribution >= 0.6 is 0 Å². The van der Waals surface area contributed by atoms with Crippen molar-refractivity contribution in [3.8, 4) is 0 Å². The maximum atomic E-state index is 11.5. The summed E-state index contributed by atoms with van der Waals surface area (Å²) in [6.45, 7) is 1.92. The second-order valence-corrected chi connectivity index (χ2v) is 6.20. The zero-order valence-electron chi connectivity index (χ0n) is 8.20.